The van der Waals surface area contributed by atoms with Crippen LogP contribution in [0.25, 0.3) is 0 Å². The van der Waals surface area contributed by atoms with Crippen LogP contribution in [0.5, 0.6) is 0 Å². The van der Waals surface area contributed by atoms with Gasteiger partial charge >= 0.3 is 0 Å². The predicted molar refractivity (Wildman–Crippen MR) is 67.3 cm³/mol. The fourth-order valence-corrected chi connectivity index (χ4v) is 2.95. The fraction of sp³-hybridized carbons (Fsp3) is 0.600. The third-order valence-corrected chi connectivity index (χ3v) is 5.01. The molecule has 90 valence electrons. The first kappa shape index (κ1) is 11.9. The molecule has 1 unspecified atom stereocenters. The summed E-state index contributed by atoms with van der Waals surface area (Å²) < 4.78 is 26.4. The highest BCUT2D eigenvalue weighted by molar-refractivity contribution is 7.93. The third kappa shape index (κ3) is 3.20. The van der Waals surface area contributed by atoms with Crippen LogP contribution in [-0.2, 0) is 10.0 Å². The van der Waals surface area contributed by atoms with Gasteiger partial charge in [-0.2, -0.15) is 11.3 Å². The lowest BCUT2D eigenvalue weighted by atomic mass is 10.4. The lowest BCUT2D eigenvalue weighted by Gasteiger charge is -2.14. The Hall–Kier alpha value is -0.590. The van der Waals surface area contributed by atoms with Crippen molar-refractivity contribution in [3.05, 3.63) is 16.8 Å². The van der Waals surface area contributed by atoms with Crippen LogP contribution in [0.4, 0.5) is 5.69 Å². The van der Waals surface area contributed by atoms with Crippen molar-refractivity contribution < 1.29 is 8.42 Å². The maximum Gasteiger partial charge on any atom is 0.236 e. The Balaban J connectivity index is 1.89. The molecule has 4 nitrogen and oxygen atoms in total. The molecule has 1 aliphatic carbocycles. The summed E-state index contributed by atoms with van der Waals surface area (Å²) in [7, 11) is -3.26. The Morgan fingerprint density at radius 3 is 2.88 bits per heavy atom. The van der Waals surface area contributed by atoms with Gasteiger partial charge in [0, 0.05) is 18.0 Å². The average Bonchev–Trinajstić information content (AvgIpc) is 2.93. The summed E-state index contributed by atoms with van der Waals surface area (Å²) in [5, 5.41) is 6.46. The van der Waals surface area contributed by atoms with Crippen LogP contribution in [0.15, 0.2) is 16.8 Å². The summed E-state index contributed by atoms with van der Waals surface area (Å²) >= 11 is 1.48. The number of rotatable bonds is 6. The molecule has 1 atom stereocenters. The van der Waals surface area contributed by atoms with E-state index in [4.69, 9.17) is 0 Å². The summed E-state index contributed by atoms with van der Waals surface area (Å²) in [5.41, 5.74) is 0.656. The lowest BCUT2D eigenvalue weighted by molar-refractivity contribution is 0.576. The van der Waals surface area contributed by atoms with Crippen molar-refractivity contribution in [1.82, 2.24) is 5.32 Å². The number of sulfonamides is 1. The van der Waals surface area contributed by atoms with Crippen LogP contribution in [0.2, 0.25) is 0 Å². The van der Waals surface area contributed by atoms with Crippen LogP contribution in [0.3, 0.4) is 0 Å². The van der Waals surface area contributed by atoms with Gasteiger partial charge in [0.2, 0.25) is 10.0 Å². The number of hydrogen-bond donors (Lipinski definition) is 2. The maximum atomic E-state index is 11.9. The van der Waals surface area contributed by atoms with Crippen molar-refractivity contribution in [3.8, 4) is 0 Å². The second-order valence-corrected chi connectivity index (χ2v) is 7.03. The zero-order valence-corrected chi connectivity index (χ0v) is 10.8. The molecule has 0 aliphatic heterocycles. The van der Waals surface area contributed by atoms with Gasteiger partial charge in [-0.25, -0.2) is 8.42 Å². The molecule has 2 N–H and O–H groups in total. The van der Waals surface area contributed by atoms with Crippen molar-refractivity contribution in [2.45, 2.75) is 31.1 Å². The van der Waals surface area contributed by atoms with E-state index in [-0.39, 0.29) is 0 Å². The Kier molecular flexibility index (Phi) is 3.51. The molecule has 16 heavy (non-hydrogen) atoms. The van der Waals surface area contributed by atoms with Crippen LogP contribution in [0, 0.1) is 0 Å². The van der Waals surface area contributed by atoms with Gasteiger partial charge in [0.15, 0.2) is 0 Å². The monoisotopic (exact) mass is 260 g/mol. The van der Waals surface area contributed by atoms with Gasteiger partial charge in [-0.3, -0.25) is 4.72 Å². The number of anilines is 1. The van der Waals surface area contributed by atoms with Crippen LogP contribution in [0.1, 0.15) is 19.8 Å². The largest absolute Gasteiger partial charge is 0.313 e. The molecule has 0 saturated heterocycles. The molecule has 1 saturated carbocycles. The first-order valence-corrected chi connectivity index (χ1v) is 7.84. The highest BCUT2D eigenvalue weighted by Gasteiger charge is 2.25. The molecule has 1 aromatic rings. The van der Waals surface area contributed by atoms with E-state index in [1.807, 2.05) is 5.38 Å². The normalized spacial score (nSPS) is 18.3. The Labute approximate surface area is 100 Å². The van der Waals surface area contributed by atoms with E-state index in [1.54, 1.807) is 18.4 Å². The molecule has 6 heteroatoms. The highest BCUT2D eigenvalue weighted by atomic mass is 32.2. The predicted octanol–water partition coefficient (Wildman–Crippen LogP) is 1.63. The van der Waals surface area contributed by atoms with Crippen LogP contribution < -0.4 is 10.0 Å². The molecule has 1 aliphatic rings. The van der Waals surface area contributed by atoms with Crippen molar-refractivity contribution in [3.63, 3.8) is 0 Å². The molecule has 0 aromatic carbocycles. The molecule has 1 fully saturated rings. The first-order valence-electron chi connectivity index (χ1n) is 5.35. The van der Waals surface area contributed by atoms with E-state index in [9.17, 15) is 8.42 Å². The molecule has 0 radical (unpaired) electrons. The van der Waals surface area contributed by atoms with Crippen LogP contribution in [-0.4, -0.2) is 26.3 Å². The van der Waals surface area contributed by atoms with Crippen molar-refractivity contribution in [2.24, 2.45) is 0 Å². The SMILES string of the molecule is CC(CNC1CC1)S(=O)(=O)Nc1ccsc1. The van der Waals surface area contributed by atoms with E-state index < -0.39 is 15.3 Å². The minimum atomic E-state index is -3.26. The number of nitrogens with one attached hydrogen (secondary N) is 2. The van der Waals surface area contributed by atoms with E-state index in [0.29, 0.717) is 18.3 Å². The van der Waals surface area contributed by atoms with Crippen molar-refractivity contribution in [2.75, 3.05) is 11.3 Å². The van der Waals surface area contributed by atoms with Gasteiger partial charge in [0.1, 0.15) is 0 Å². The molecule has 1 heterocycles. The van der Waals surface area contributed by atoms with E-state index in [0.717, 1.165) is 0 Å². The quantitative estimate of drug-likeness (QED) is 0.817. The molecule has 0 amide bonds. The molecule has 1 aromatic heterocycles. The summed E-state index contributed by atoms with van der Waals surface area (Å²) in [6, 6.07) is 2.31. The maximum absolute atomic E-state index is 11.9. The smallest absolute Gasteiger partial charge is 0.236 e. The fourth-order valence-electron chi connectivity index (χ4n) is 1.32. The lowest BCUT2D eigenvalue weighted by Crippen LogP contribution is -2.35. The Morgan fingerprint density at radius 2 is 2.31 bits per heavy atom. The van der Waals surface area contributed by atoms with E-state index in [1.165, 1.54) is 24.2 Å². The highest BCUT2D eigenvalue weighted by Crippen LogP contribution is 2.19. The second kappa shape index (κ2) is 4.73. The number of thiophene rings is 1. The zero-order chi connectivity index (χ0) is 11.6. The number of hydrogen-bond acceptors (Lipinski definition) is 4. The third-order valence-electron chi connectivity index (χ3n) is 2.58. The molecule has 0 spiro atoms. The molecular formula is C10H16N2O2S2. The van der Waals surface area contributed by atoms with Gasteiger partial charge in [0.25, 0.3) is 0 Å². The second-order valence-electron chi connectivity index (χ2n) is 4.15. The summed E-state index contributed by atoms with van der Waals surface area (Å²) in [6.45, 7) is 2.24. The van der Waals surface area contributed by atoms with Gasteiger partial charge in [-0.05, 0) is 31.2 Å². The van der Waals surface area contributed by atoms with Crippen molar-refractivity contribution in [1.29, 1.82) is 0 Å². The van der Waals surface area contributed by atoms with Gasteiger partial charge in [-0.15, -0.1) is 0 Å². The minimum absolute atomic E-state index is 0.409. The van der Waals surface area contributed by atoms with Gasteiger partial charge in [-0.1, -0.05) is 0 Å². The summed E-state index contributed by atoms with van der Waals surface area (Å²) in [5.74, 6) is 0. The zero-order valence-electron chi connectivity index (χ0n) is 9.14. The average molecular weight is 260 g/mol. The molecule has 0 bridgehead atoms. The Morgan fingerprint density at radius 1 is 1.56 bits per heavy atom. The van der Waals surface area contributed by atoms with Crippen LogP contribution >= 0.6 is 11.3 Å². The van der Waals surface area contributed by atoms with Gasteiger partial charge < -0.3 is 5.32 Å². The minimum Gasteiger partial charge on any atom is -0.313 e. The topological polar surface area (TPSA) is 58.2 Å². The standard InChI is InChI=1S/C10H16N2O2S2/c1-8(6-11-9-2-3-9)16(13,14)12-10-4-5-15-7-10/h4-5,7-9,11-12H,2-3,6H2,1H3. The van der Waals surface area contributed by atoms with Crippen molar-refractivity contribution >= 4 is 27.0 Å². The summed E-state index contributed by atoms with van der Waals surface area (Å²) in [6.07, 6.45) is 2.34. The molecular weight excluding hydrogens is 244 g/mol. The van der Waals surface area contributed by atoms with Gasteiger partial charge in [0.05, 0.1) is 10.9 Å². The Bertz CT molecular complexity index is 424. The summed E-state index contributed by atoms with van der Waals surface area (Å²) in [4.78, 5) is 0. The first-order chi connectivity index (χ1) is 7.58. The van der Waals surface area contributed by atoms with E-state index in [2.05, 4.69) is 10.0 Å². The van der Waals surface area contributed by atoms with E-state index >= 15 is 0 Å². The molecule has 2 rings (SSSR count).